The van der Waals surface area contributed by atoms with Crippen LogP contribution >= 0.6 is 0 Å². The van der Waals surface area contributed by atoms with Crippen molar-refractivity contribution in [2.24, 2.45) is 0 Å². The number of Topliss-reactive ketones (excluding diaryl/α,β-unsaturated/α-hetero) is 1. The number of hydrogen-bond donors (Lipinski definition) is 0. The summed E-state index contributed by atoms with van der Waals surface area (Å²) in [7, 11) is 3.79. The van der Waals surface area contributed by atoms with Gasteiger partial charge in [-0.1, -0.05) is 26.0 Å². The van der Waals surface area contributed by atoms with E-state index in [0.29, 0.717) is 18.4 Å². The average Bonchev–Trinajstić information content (AvgIpc) is 2.30. The first-order valence-corrected chi connectivity index (χ1v) is 5.95. The van der Waals surface area contributed by atoms with Crippen LogP contribution in [0.4, 0.5) is 4.39 Å². The van der Waals surface area contributed by atoms with E-state index in [-0.39, 0.29) is 11.6 Å². The number of ketones is 1. The van der Waals surface area contributed by atoms with Gasteiger partial charge in [0.25, 0.3) is 0 Å². The minimum absolute atomic E-state index is 0.00741. The van der Waals surface area contributed by atoms with Crippen molar-refractivity contribution in [3.8, 4) is 0 Å². The molecule has 0 aromatic heterocycles. The third-order valence-corrected chi connectivity index (χ3v) is 3.54. The van der Waals surface area contributed by atoms with Gasteiger partial charge in [0.15, 0.2) is 5.78 Å². The van der Waals surface area contributed by atoms with Gasteiger partial charge in [-0.2, -0.15) is 0 Å². The van der Waals surface area contributed by atoms with Crippen LogP contribution in [0.1, 0.15) is 37.0 Å². The van der Waals surface area contributed by atoms with E-state index in [1.54, 1.807) is 12.1 Å². The van der Waals surface area contributed by atoms with Crippen molar-refractivity contribution < 1.29 is 9.18 Å². The van der Waals surface area contributed by atoms with Crippen molar-refractivity contribution in [3.05, 3.63) is 35.6 Å². The number of benzene rings is 1. The van der Waals surface area contributed by atoms with Crippen molar-refractivity contribution in [2.45, 2.75) is 32.2 Å². The Morgan fingerprint density at radius 3 is 2.29 bits per heavy atom. The number of hydrogen-bond acceptors (Lipinski definition) is 2. The van der Waals surface area contributed by atoms with Gasteiger partial charge in [-0.15, -0.1) is 0 Å². The fourth-order valence-electron chi connectivity index (χ4n) is 2.31. The summed E-state index contributed by atoms with van der Waals surface area (Å²) in [4.78, 5) is 14.4. The van der Waals surface area contributed by atoms with Crippen LogP contribution in [0.2, 0.25) is 0 Å². The topological polar surface area (TPSA) is 20.3 Å². The van der Waals surface area contributed by atoms with Crippen molar-refractivity contribution in [1.29, 1.82) is 0 Å². The molecule has 1 aromatic rings. The van der Waals surface area contributed by atoms with E-state index in [0.717, 1.165) is 0 Å². The van der Waals surface area contributed by atoms with Crippen molar-refractivity contribution >= 4 is 5.78 Å². The molecule has 94 valence electrons. The first-order valence-electron chi connectivity index (χ1n) is 5.95. The SMILES string of the molecule is CCC(CC)(C(=O)c1cccc(F)c1)N(C)C. The highest BCUT2D eigenvalue weighted by Gasteiger charge is 2.37. The van der Waals surface area contributed by atoms with E-state index in [2.05, 4.69) is 0 Å². The molecular weight excluding hydrogens is 217 g/mol. The molecule has 0 fully saturated rings. The Morgan fingerprint density at radius 1 is 1.29 bits per heavy atom. The smallest absolute Gasteiger partial charge is 0.183 e. The molecule has 0 aliphatic rings. The summed E-state index contributed by atoms with van der Waals surface area (Å²) in [5.41, 5.74) is -0.0873. The lowest BCUT2D eigenvalue weighted by Gasteiger charge is -2.37. The molecule has 0 spiro atoms. The van der Waals surface area contributed by atoms with Gasteiger partial charge in [-0.25, -0.2) is 4.39 Å². The number of carbonyl (C=O) groups is 1. The lowest BCUT2D eigenvalue weighted by molar-refractivity contribution is 0.0656. The van der Waals surface area contributed by atoms with E-state index in [4.69, 9.17) is 0 Å². The van der Waals surface area contributed by atoms with Gasteiger partial charge in [0.2, 0.25) is 0 Å². The number of halogens is 1. The lowest BCUT2D eigenvalue weighted by Crippen LogP contribution is -2.50. The summed E-state index contributed by atoms with van der Waals surface area (Å²) in [6.45, 7) is 3.97. The number of nitrogens with zero attached hydrogens (tertiary/aromatic N) is 1. The van der Waals surface area contributed by atoms with E-state index < -0.39 is 5.54 Å². The second-order valence-corrected chi connectivity index (χ2v) is 4.47. The molecule has 0 amide bonds. The molecule has 0 atom stereocenters. The second kappa shape index (κ2) is 5.41. The highest BCUT2D eigenvalue weighted by Crippen LogP contribution is 2.26. The molecule has 0 aliphatic heterocycles. The number of carbonyl (C=O) groups excluding carboxylic acids is 1. The van der Waals surface area contributed by atoms with Crippen LogP contribution in [0.3, 0.4) is 0 Å². The van der Waals surface area contributed by atoms with Crippen LogP contribution in [0.15, 0.2) is 24.3 Å². The van der Waals surface area contributed by atoms with Crippen LogP contribution in [0.5, 0.6) is 0 Å². The number of likely N-dealkylation sites (N-methyl/N-ethyl adjacent to an activating group) is 1. The van der Waals surface area contributed by atoms with E-state index >= 15 is 0 Å². The van der Waals surface area contributed by atoms with Crippen molar-refractivity contribution in [2.75, 3.05) is 14.1 Å². The Hall–Kier alpha value is -1.22. The Balaban J connectivity index is 3.17. The summed E-state index contributed by atoms with van der Waals surface area (Å²) in [5, 5.41) is 0. The zero-order valence-electron chi connectivity index (χ0n) is 11.0. The molecule has 0 heterocycles. The van der Waals surface area contributed by atoms with Gasteiger partial charge in [-0.3, -0.25) is 9.69 Å². The summed E-state index contributed by atoms with van der Waals surface area (Å²) in [6, 6.07) is 5.92. The van der Waals surface area contributed by atoms with Crippen LogP contribution in [-0.2, 0) is 0 Å². The van der Waals surface area contributed by atoms with Crippen LogP contribution < -0.4 is 0 Å². The standard InChI is InChI=1S/C14H20FNO/c1-5-14(6-2,16(3)4)13(17)11-8-7-9-12(15)10-11/h7-10H,5-6H2,1-4H3. The summed E-state index contributed by atoms with van der Waals surface area (Å²) >= 11 is 0. The molecule has 0 radical (unpaired) electrons. The Kier molecular flexibility index (Phi) is 4.40. The predicted molar refractivity (Wildman–Crippen MR) is 67.7 cm³/mol. The zero-order chi connectivity index (χ0) is 13.1. The molecule has 0 bridgehead atoms. The van der Waals surface area contributed by atoms with E-state index in [9.17, 15) is 9.18 Å². The third kappa shape index (κ3) is 2.55. The monoisotopic (exact) mass is 237 g/mol. The molecule has 2 nitrogen and oxygen atoms in total. The first kappa shape index (κ1) is 13.8. The van der Waals surface area contributed by atoms with Crippen LogP contribution in [0.25, 0.3) is 0 Å². The van der Waals surface area contributed by atoms with Gasteiger partial charge < -0.3 is 0 Å². The van der Waals surface area contributed by atoms with Crippen LogP contribution in [-0.4, -0.2) is 30.3 Å². The molecule has 1 aromatic carbocycles. The molecule has 3 heteroatoms. The second-order valence-electron chi connectivity index (χ2n) is 4.47. The first-order chi connectivity index (χ1) is 7.97. The Bertz CT molecular complexity index is 397. The van der Waals surface area contributed by atoms with Gasteiger partial charge >= 0.3 is 0 Å². The molecule has 0 saturated carbocycles. The van der Waals surface area contributed by atoms with Gasteiger partial charge in [-0.05, 0) is 39.1 Å². The number of rotatable bonds is 5. The summed E-state index contributed by atoms with van der Waals surface area (Å²) in [6.07, 6.45) is 1.43. The maximum atomic E-state index is 13.2. The maximum Gasteiger partial charge on any atom is 0.183 e. The average molecular weight is 237 g/mol. The molecule has 0 N–H and O–H groups in total. The molecule has 1 rings (SSSR count). The highest BCUT2D eigenvalue weighted by molar-refractivity contribution is 6.03. The molecular formula is C14H20FNO. The van der Waals surface area contributed by atoms with Gasteiger partial charge in [0.1, 0.15) is 5.82 Å². The summed E-state index contributed by atoms with van der Waals surface area (Å²) in [5.74, 6) is -0.372. The Morgan fingerprint density at radius 2 is 1.88 bits per heavy atom. The quantitative estimate of drug-likeness (QED) is 0.733. The minimum Gasteiger partial charge on any atom is -0.297 e. The van der Waals surface area contributed by atoms with E-state index in [1.807, 2.05) is 32.8 Å². The lowest BCUT2D eigenvalue weighted by atomic mass is 9.83. The van der Waals surface area contributed by atoms with Gasteiger partial charge in [0, 0.05) is 5.56 Å². The summed E-state index contributed by atoms with van der Waals surface area (Å²) < 4.78 is 13.2. The van der Waals surface area contributed by atoms with Crippen molar-refractivity contribution in [1.82, 2.24) is 4.90 Å². The van der Waals surface area contributed by atoms with Crippen LogP contribution in [0, 0.1) is 5.82 Å². The van der Waals surface area contributed by atoms with Crippen molar-refractivity contribution in [3.63, 3.8) is 0 Å². The normalized spacial score (nSPS) is 11.9. The molecule has 0 unspecified atom stereocenters. The van der Waals surface area contributed by atoms with Gasteiger partial charge in [0.05, 0.1) is 5.54 Å². The molecule has 0 saturated heterocycles. The maximum absolute atomic E-state index is 13.2. The largest absolute Gasteiger partial charge is 0.297 e. The Labute approximate surface area is 102 Å². The zero-order valence-corrected chi connectivity index (χ0v) is 11.0. The molecule has 0 aliphatic carbocycles. The predicted octanol–water partition coefficient (Wildman–Crippen LogP) is 3.13. The molecule has 17 heavy (non-hydrogen) atoms. The third-order valence-electron chi connectivity index (χ3n) is 3.54. The fourth-order valence-corrected chi connectivity index (χ4v) is 2.31. The van der Waals surface area contributed by atoms with E-state index in [1.165, 1.54) is 12.1 Å². The minimum atomic E-state index is -0.534. The fraction of sp³-hybridized carbons (Fsp3) is 0.500. The highest BCUT2D eigenvalue weighted by atomic mass is 19.1.